The summed E-state index contributed by atoms with van der Waals surface area (Å²) in [5.41, 5.74) is 0.801. The standard InChI is InChI=1S/C22H33F2N5O2.HI/c1-16(2)15-30-13-5-10-26-22(27-14-20-25-11-12-29(20)21(23)24)28-18-6-8-19(9-7-18)31-17(3)4;/h6-9,11-12,16-17,21H,5,10,13-15H2,1-4H3,(H2,26,27,28);1H. The predicted octanol–water partition coefficient (Wildman–Crippen LogP) is 5.30. The third-order valence-corrected chi connectivity index (χ3v) is 4.04. The largest absolute Gasteiger partial charge is 0.491 e. The van der Waals surface area contributed by atoms with Crippen LogP contribution in [0.2, 0.25) is 0 Å². The van der Waals surface area contributed by atoms with Crippen LogP contribution in [0.25, 0.3) is 0 Å². The van der Waals surface area contributed by atoms with E-state index in [1.54, 1.807) is 0 Å². The van der Waals surface area contributed by atoms with E-state index >= 15 is 0 Å². The minimum absolute atomic E-state index is 0. The molecule has 1 heterocycles. The number of halogens is 3. The van der Waals surface area contributed by atoms with E-state index in [0.717, 1.165) is 29.0 Å². The maximum atomic E-state index is 13.1. The number of hydrogen-bond donors (Lipinski definition) is 2. The molecule has 0 amide bonds. The molecule has 0 spiro atoms. The summed E-state index contributed by atoms with van der Waals surface area (Å²) in [5.74, 6) is 1.93. The van der Waals surface area contributed by atoms with Gasteiger partial charge in [0.05, 0.1) is 6.10 Å². The van der Waals surface area contributed by atoms with Crippen molar-refractivity contribution in [3.05, 3.63) is 42.5 Å². The maximum absolute atomic E-state index is 13.1. The van der Waals surface area contributed by atoms with Crippen LogP contribution in [0.15, 0.2) is 41.7 Å². The molecule has 2 rings (SSSR count). The Hall–Kier alpha value is -1.95. The van der Waals surface area contributed by atoms with Crippen LogP contribution in [0.4, 0.5) is 14.5 Å². The van der Waals surface area contributed by atoms with Crippen LogP contribution in [0.5, 0.6) is 5.75 Å². The molecule has 0 aliphatic carbocycles. The van der Waals surface area contributed by atoms with Crippen molar-refractivity contribution < 1.29 is 18.3 Å². The first-order valence-electron chi connectivity index (χ1n) is 10.5. The van der Waals surface area contributed by atoms with E-state index in [0.29, 0.717) is 25.0 Å². The highest BCUT2D eigenvalue weighted by Crippen LogP contribution is 2.17. The fourth-order valence-electron chi connectivity index (χ4n) is 2.66. The molecule has 0 saturated heterocycles. The third kappa shape index (κ3) is 10.6. The summed E-state index contributed by atoms with van der Waals surface area (Å²) in [6, 6.07) is 7.48. The highest BCUT2D eigenvalue weighted by Gasteiger charge is 2.11. The number of guanidine groups is 1. The van der Waals surface area contributed by atoms with Crippen LogP contribution in [0.3, 0.4) is 0 Å². The third-order valence-electron chi connectivity index (χ3n) is 4.04. The van der Waals surface area contributed by atoms with Gasteiger partial charge in [-0.05, 0) is 50.5 Å². The lowest BCUT2D eigenvalue weighted by atomic mass is 10.2. The first-order valence-corrected chi connectivity index (χ1v) is 10.5. The predicted molar refractivity (Wildman–Crippen MR) is 134 cm³/mol. The molecule has 180 valence electrons. The Morgan fingerprint density at radius 1 is 1.16 bits per heavy atom. The SMILES string of the molecule is CC(C)COCCCNC(=NCc1nccn1C(F)F)Nc1ccc(OC(C)C)cc1.I. The molecule has 0 atom stereocenters. The number of ether oxygens (including phenoxy) is 2. The highest BCUT2D eigenvalue weighted by atomic mass is 127. The van der Waals surface area contributed by atoms with Gasteiger partial charge >= 0.3 is 6.55 Å². The van der Waals surface area contributed by atoms with Gasteiger partial charge in [-0.15, -0.1) is 24.0 Å². The molecule has 0 fully saturated rings. The van der Waals surface area contributed by atoms with E-state index < -0.39 is 6.55 Å². The van der Waals surface area contributed by atoms with Crippen molar-refractivity contribution in [1.29, 1.82) is 0 Å². The van der Waals surface area contributed by atoms with Gasteiger partial charge in [0.25, 0.3) is 0 Å². The fraction of sp³-hybridized carbons (Fsp3) is 0.545. The Bertz CT molecular complexity index is 798. The smallest absolute Gasteiger partial charge is 0.319 e. The fourth-order valence-corrected chi connectivity index (χ4v) is 2.66. The quantitative estimate of drug-likeness (QED) is 0.158. The number of aromatic nitrogens is 2. The van der Waals surface area contributed by atoms with Crippen LogP contribution in [0, 0.1) is 5.92 Å². The molecule has 2 aromatic rings. The Balaban J connectivity index is 0.00000512. The number of alkyl halides is 2. The van der Waals surface area contributed by atoms with Gasteiger partial charge in [-0.1, -0.05) is 13.8 Å². The van der Waals surface area contributed by atoms with E-state index in [4.69, 9.17) is 9.47 Å². The second-order valence-corrected chi connectivity index (χ2v) is 7.76. The van der Waals surface area contributed by atoms with Gasteiger partial charge in [-0.3, -0.25) is 4.57 Å². The van der Waals surface area contributed by atoms with E-state index in [2.05, 4.69) is 34.5 Å². The number of benzene rings is 1. The lowest BCUT2D eigenvalue weighted by molar-refractivity contribution is 0.0671. The van der Waals surface area contributed by atoms with Crippen molar-refractivity contribution in [2.75, 3.05) is 25.1 Å². The Morgan fingerprint density at radius 2 is 1.88 bits per heavy atom. The molecule has 0 radical (unpaired) electrons. The van der Waals surface area contributed by atoms with Gasteiger partial charge in [0.1, 0.15) is 18.1 Å². The summed E-state index contributed by atoms with van der Waals surface area (Å²) in [6.45, 7) is 7.50. The number of nitrogens with one attached hydrogen (secondary N) is 2. The van der Waals surface area contributed by atoms with E-state index in [9.17, 15) is 8.78 Å². The zero-order valence-corrected chi connectivity index (χ0v) is 21.4. The van der Waals surface area contributed by atoms with Gasteiger partial charge in [0.2, 0.25) is 0 Å². The maximum Gasteiger partial charge on any atom is 0.319 e. The minimum atomic E-state index is -2.65. The van der Waals surface area contributed by atoms with Crippen molar-refractivity contribution in [2.24, 2.45) is 10.9 Å². The number of nitrogens with zero attached hydrogens (tertiary/aromatic N) is 3. The number of anilines is 1. The molecular formula is C22H34F2IN5O2. The van der Waals surface area contributed by atoms with Gasteiger partial charge in [-0.25, -0.2) is 9.98 Å². The molecule has 0 aliphatic heterocycles. The molecule has 7 nitrogen and oxygen atoms in total. The van der Waals surface area contributed by atoms with Gasteiger partial charge in [-0.2, -0.15) is 8.78 Å². The van der Waals surface area contributed by atoms with Crippen molar-refractivity contribution in [3.8, 4) is 5.75 Å². The van der Waals surface area contributed by atoms with Crippen molar-refractivity contribution >= 4 is 35.6 Å². The summed E-state index contributed by atoms with van der Waals surface area (Å²) >= 11 is 0. The lowest BCUT2D eigenvalue weighted by Crippen LogP contribution is -2.32. The van der Waals surface area contributed by atoms with Crippen molar-refractivity contribution in [2.45, 2.75) is 53.3 Å². The average molecular weight is 565 g/mol. The van der Waals surface area contributed by atoms with Crippen LogP contribution in [-0.4, -0.2) is 41.4 Å². The molecule has 1 aromatic carbocycles. The first-order chi connectivity index (χ1) is 14.8. The Labute approximate surface area is 206 Å². The number of aliphatic imine (C=N–C) groups is 1. The second kappa shape index (κ2) is 15.0. The van der Waals surface area contributed by atoms with Crippen LogP contribution >= 0.6 is 24.0 Å². The van der Waals surface area contributed by atoms with E-state index in [1.807, 2.05) is 38.1 Å². The van der Waals surface area contributed by atoms with Crippen LogP contribution in [-0.2, 0) is 11.3 Å². The molecule has 10 heteroatoms. The Morgan fingerprint density at radius 3 is 2.50 bits per heavy atom. The van der Waals surface area contributed by atoms with Gasteiger partial charge in [0, 0.05) is 37.8 Å². The Kier molecular flexibility index (Phi) is 13.2. The summed E-state index contributed by atoms with van der Waals surface area (Å²) in [4.78, 5) is 8.40. The van der Waals surface area contributed by atoms with E-state index in [-0.39, 0.29) is 42.4 Å². The lowest BCUT2D eigenvalue weighted by Gasteiger charge is -2.14. The van der Waals surface area contributed by atoms with E-state index in [1.165, 1.54) is 12.4 Å². The summed E-state index contributed by atoms with van der Waals surface area (Å²) in [6.07, 6.45) is 3.47. The van der Waals surface area contributed by atoms with Crippen molar-refractivity contribution in [3.63, 3.8) is 0 Å². The zero-order chi connectivity index (χ0) is 22.6. The number of rotatable bonds is 12. The minimum Gasteiger partial charge on any atom is -0.491 e. The summed E-state index contributed by atoms with van der Waals surface area (Å²) < 4.78 is 38.2. The zero-order valence-electron chi connectivity index (χ0n) is 19.1. The number of imidazole rings is 1. The van der Waals surface area contributed by atoms with Crippen molar-refractivity contribution in [1.82, 2.24) is 14.9 Å². The molecule has 0 bridgehead atoms. The molecule has 0 aliphatic rings. The summed E-state index contributed by atoms with van der Waals surface area (Å²) in [7, 11) is 0. The molecule has 32 heavy (non-hydrogen) atoms. The molecule has 2 N–H and O–H groups in total. The normalized spacial score (nSPS) is 11.7. The molecule has 0 unspecified atom stereocenters. The topological polar surface area (TPSA) is 72.7 Å². The monoisotopic (exact) mass is 565 g/mol. The molecule has 0 saturated carbocycles. The van der Waals surface area contributed by atoms with Crippen LogP contribution in [0.1, 0.15) is 46.5 Å². The van der Waals surface area contributed by atoms with Crippen LogP contribution < -0.4 is 15.4 Å². The molecular weight excluding hydrogens is 531 g/mol. The van der Waals surface area contributed by atoms with Gasteiger partial charge < -0.3 is 20.1 Å². The highest BCUT2D eigenvalue weighted by molar-refractivity contribution is 14.0. The second-order valence-electron chi connectivity index (χ2n) is 7.76. The summed E-state index contributed by atoms with van der Waals surface area (Å²) in [5, 5.41) is 6.42. The van der Waals surface area contributed by atoms with Gasteiger partial charge in [0.15, 0.2) is 5.96 Å². The average Bonchev–Trinajstić information content (AvgIpc) is 3.18. The number of hydrogen-bond acceptors (Lipinski definition) is 4. The first kappa shape index (κ1) is 28.1. The molecule has 1 aromatic heterocycles.